The highest BCUT2D eigenvalue weighted by Crippen LogP contribution is 2.26. The Morgan fingerprint density at radius 1 is 1.08 bits per heavy atom. The summed E-state index contributed by atoms with van der Waals surface area (Å²) in [5, 5.41) is 3.65. The zero-order valence-corrected chi connectivity index (χ0v) is 16.1. The molecule has 0 aliphatic rings. The lowest BCUT2D eigenvalue weighted by atomic mass is 10.2. The third-order valence-corrected chi connectivity index (χ3v) is 3.99. The van der Waals surface area contributed by atoms with Gasteiger partial charge < -0.3 is 15.0 Å². The number of nitrogens with zero attached hydrogens (tertiary/aromatic N) is 1. The molecule has 0 unspecified atom stereocenters. The molecule has 0 heterocycles. The van der Waals surface area contributed by atoms with E-state index in [9.17, 15) is 9.59 Å². The number of benzene rings is 2. The van der Waals surface area contributed by atoms with E-state index >= 15 is 0 Å². The average Bonchev–Trinajstić information content (AvgIpc) is 2.56. The molecule has 0 spiro atoms. The fraction of sp³-hybridized carbons (Fsp3) is 0.263. The van der Waals surface area contributed by atoms with Gasteiger partial charge in [0.05, 0.1) is 6.61 Å². The fourth-order valence-corrected chi connectivity index (χ4v) is 2.92. The Hall–Kier alpha value is -2.24. The van der Waals surface area contributed by atoms with Gasteiger partial charge in [0.1, 0.15) is 5.75 Å². The van der Waals surface area contributed by atoms with Crippen molar-refractivity contribution in [1.29, 1.82) is 0 Å². The van der Waals surface area contributed by atoms with Gasteiger partial charge in [0.15, 0.2) is 0 Å². The van der Waals surface area contributed by atoms with Crippen molar-refractivity contribution in [2.75, 3.05) is 23.4 Å². The van der Waals surface area contributed by atoms with Gasteiger partial charge in [0.2, 0.25) is 11.8 Å². The highest BCUT2D eigenvalue weighted by atomic mass is 35.5. The number of nitrogens with one attached hydrogen (secondary N) is 1. The topological polar surface area (TPSA) is 58.6 Å². The lowest BCUT2D eigenvalue weighted by molar-refractivity contribution is -0.117. The predicted molar refractivity (Wildman–Crippen MR) is 105 cm³/mol. The van der Waals surface area contributed by atoms with Crippen molar-refractivity contribution in [1.82, 2.24) is 0 Å². The normalized spacial score (nSPS) is 10.3. The zero-order valence-electron chi connectivity index (χ0n) is 14.6. The second-order valence-corrected chi connectivity index (χ2v) is 6.43. The molecule has 1 N–H and O–H groups in total. The van der Waals surface area contributed by atoms with Crippen LogP contribution in [0.15, 0.2) is 42.5 Å². The Morgan fingerprint density at radius 3 is 2.23 bits per heavy atom. The van der Waals surface area contributed by atoms with Gasteiger partial charge in [0, 0.05) is 41.3 Å². The van der Waals surface area contributed by atoms with E-state index < -0.39 is 0 Å². The van der Waals surface area contributed by atoms with Crippen LogP contribution in [0.4, 0.5) is 11.4 Å². The van der Waals surface area contributed by atoms with Crippen LogP contribution in [0, 0.1) is 0 Å². The molecule has 0 fully saturated rings. The molecular formula is C19H20Cl2N2O3. The van der Waals surface area contributed by atoms with Crippen molar-refractivity contribution in [2.24, 2.45) is 0 Å². The van der Waals surface area contributed by atoms with Crippen LogP contribution in [0.5, 0.6) is 5.75 Å². The first kappa shape index (κ1) is 20.1. The summed E-state index contributed by atoms with van der Waals surface area (Å²) >= 11 is 12.0. The SMILES string of the molecule is CCOc1ccc(NC(=O)CCN(C(C)=O)c2cc(Cl)cc(Cl)c2)cc1. The number of carbonyl (C=O) groups is 2. The fourth-order valence-electron chi connectivity index (χ4n) is 2.40. The summed E-state index contributed by atoms with van der Waals surface area (Å²) in [7, 11) is 0. The molecule has 26 heavy (non-hydrogen) atoms. The summed E-state index contributed by atoms with van der Waals surface area (Å²) in [5.74, 6) is 0.344. The molecule has 0 saturated heterocycles. The molecule has 0 bridgehead atoms. The molecule has 0 atom stereocenters. The minimum atomic E-state index is -0.200. The third-order valence-electron chi connectivity index (χ3n) is 3.55. The number of hydrogen-bond donors (Lipinski definition) is 1. The van der Waals surface area contributed by atoms with Crippen LogP contribution < -0.4 is 15.0 Å². The Labute approximate surface area is 162 Å². The largest absolute Gasteiger partial charge is 0.494 e. The van der Waals surface area contributed by atoms with Gasteiger partial charge in [-0.1, -0.05) is 23.2 Å². The molecule has 2 aromatic rings. The maximum Gasteiger partial charge on any atom is 0.226 e. The molecule has 0 aliphatic heterocycles. The third kappa shape index (κ3) is 5.93. The molecule has 0 aromatic heterocycles. The number of anilines is 2. The van der Waals surface area contributed by atoms with Gasteiger partial charge in [-0.05, 0) is 49.4 Å². The minimum Gasteiger partial charge on any atom is -0.494 e. The summed E-state index contributed by atoms with van der Waals surface area (Å²) in [6.45, 7) is 4.14. The smallest absolute Gasteiger partial charge is 0.226 e. The summed E-state index contributed by atoms with van der Waals surface area (Å²) in [6.07, 6.45) is 0.136. The lowest BCUT2D eigenvalue weighted by Crippen LogP contribution is -2.32. The van der Waals surface area contributed by atoms with Crippen LogP contribution in [-0.4, -0.2) is 25.0 Å². The number of carbonyl (C=O) groups excluding carboxylic acids is 2. The second-order valence-electron chi connectivity index (χ2n) is 5.55. The number of hydrogen-bond acceptors (Lipinski definition) is 3. The second kappa shape index (κ2) is 9.46. The molecule has 5 nitrogen and oxygen atoms in total. The highest BCUT2D eigenvalue weighted by molar-refractivity contribution is 6.35. The van der Waals surface area contributed by atoms with Crippen LogP contribution in [0.1, 0.15) is 20.3 Å². The summed E-state index contributed by atoms with van der Waals surface area (Å²) in [5.41, 5.74) is 1.22. The number of rotatable bonds is 7. The minimum absolute atomic E-state index is 0.136. The van der Waals surface area contributed by atoms with Gasteiger partial charge in [-0.15, -0.1) is 0 Å². The molecular weight excluding hydrogens is 375 g/mol. The summed E-state index contributed by atoms with van der Waals surface area (Å²) in [4.78, 5) is 25.6. The molecule has 0 radical (unpaired) electrons. The monoisotopic (exact) mass is 394 g/mol. The number of amides is 2. The first-order valence-electron chi connectivity index (χ1n) is 8.16. The molecule has 7 heteroatoms. The van der Waals surface area contributed by atoms with E-state index in [-0.39, 0.29) is 24.8 Å². The van der Waals surface area contributed by atoms with Crippen LogP contribution in [0.2, 0.25) is 10.0 Å². The van der Waals surface area contributed by atoms with Gasteiger partial charge in [-0.25, -0.2) is 0 Å². The first-order chi connectivity index (χ1) is 12.4. The number of halogens is 2. The van der Waals surface area contributed by atoms with E-state index in [0.29, 0.717) is 28.0 Å². The van der Waals surface area contributed by atoms with E-state index in [0.717, 1.165) is 5.75 Å². The van der Waals surface area contributed by atoms with Crippen molar-refractivity contribution in [2.45, 2.75) is 20.3 Å². The van der Waals surface area contributed by atoms with E-state index in [1.807, 2.05) is 6.92 Å². The van der Waals surface area contributed by atoms with Crippen LogP contribution in [-0.2, 0) is 9.59 Å². The maximum atomic E-state index is 12.2. The van der Waals surface area contributed by atoms with Crippen LogP contribution in [0.3, 0.4) is 0 Å². The molecule has 2 aromatic carbocycles. The standard InChI is InChI=1S/C19H20Cl2N2O3/c1-3-26-18-6-4-16(5-7-18)22-19(25)8-9-23(13(2)24)17-11-14(20)10-15(21)12-17/h4-7,10-12H,3,8-9H2,1-2H3,(H,22,25). The van der Waals surface area contributed by atoms with E-state index in [4.69, 9.17) is 27.9 Å². The molecule has 138 valence electrons. The van der Waals surface area contributed by atoms with Gasteiger partial charge in [-0.2, -0.15) is 0 Å². The van der Waals surface area contributed by atoms with Crippen molar-refractivity contribution in [3.8, 4) is 5.75 Å². The maximum absolute atomic E-state index is 12.2. The summed E-state index contributed by atoms with van der Waals surface area (Å²) in [6, 6.07) is 12.0. The van der Waals surface area contributed by atoms with Gasteiger partial charge in [0.25, 0.3) is 0 Å². The number of ether oxygens (including phenoxy) is 1. The molecule has 2 rings (SSSR count). The predicted octanol–water partition coefficient (Wildman–Crippen LogP) is 4.77. The van der Waals surface area contributed by atoms with Gasteiger partial charge >= 0.3 is 0 Å². The van der Waals surface area contributed by atoms with Crippen molar-refractivity contribution < 1.29 is 14.3 Å². The van der Waals surface area contributed by atoms with Crippen molar-refractivity contribution in [3.05, 3.63) is 52.5 Å². The summed E-state index contributed by atoms with van der Waals surface area (Å²) < 4.78 is 5.36. The Bertz CT molecular complexity index is 759. The van der Waals surface area contributed by atoms with E-state index in [1.165, 1.54) is 11.8 Å². The van der Waals surface area contributed by atoms with E-state index in [2.05, 4.69) is 5.32 Å². The molecule has 0 saturated carbocycles. The highest BCUT2D eigenvalue weighted by Gasteiger charge is 2.15. The Morgan fingerprint density at radius 2 is 1.69 bits per heavy atom. The van der Waals surface area contributed by atoms with Crippen molar-refractivity contribution in [3.63, 3.8) is 0 Å². The van der Waals surface area contributed by atoms with Crippen molar-refractivity contribution >= 4 is 46.4 Å². The van der Waals surface area contributed by atoms with Gasteiger partial charge in [-0.3, -0.25) is 9.59 Å². The molecule has 0 aliphatic carbocycles. The van der Waals surface area contributed by atoms with Crippen LogP contribution in [0.25, 0.3) is 0 Å². The van der Waals surface area contributed by atoms with E-state index in [1.54, 1.807) is 42.5 Å². The Balaban J connectivity index is 1.97. The van der Waals surface area contributed by atoms with Crippen LogP contribution >= 0.6 is 23.2 Å². The first-order valence-corrected chi connectivity index (χ1v) is 8.91. The molecule has 2 amide bonds. The zero-order chi connectivity index (χ0) is 19.1. The lowest BCUT2D eigenvalue weighted by Gasteiger charge is -2.21. The average molecular weight is 395 g/mol. The quantitative estimate of drug-likeness (QED) is 0.735. The Kier molecular flexibility index (Phi) is 7.30.